The maximum Gasteiger partial charge on any atom is 0.185 e. The van der Waals surface area contributed by atoms with Crippen molar-refractivity contribution in [3.8, 4) is 0 Å². The van der Waals surface area contributed by atoms with Crippen LogP contribution in [0.5, 0.6) is 0 Å². The average molecular weight is 193 g/mol. The molecule has 54 valence electrons. The summed E-state index contributed by atoms with van der Waals surface area (Å²) in [4.78, 5) is 4.15. The molecule has 1 atom stereocenters. The molecular formula is C6H13BrN2. The van der Waals surface area contributed by atoms with Gasteiger partial charge in [0.15, 0.2) is 6.34 Å². The normalized spacial score (nSPS) is 32.2. The molecule has 0 radical (unpaired) electrons. The molecule has 0 amide bonds. The third-order valence-corrected chi connectivity index (χ3v) is 1.82. The monoisotopic (exact) mass is 192 g/mol. The Morgan fingerprint density at radius 2 is 2.33 bits per heavy atom. The van der Waals surface area contributed by atoms with Crippen molar-refractivity contribution in [2.24, 2.45) is 4.99 Å². The van der Waals surface area contributed by atoms with E-state index in [2.05, 4.69) is 19.0 Å². The molecule has 0 aromatic heterocycles. The minimum absolute atomic E-state index is 0. The largest absolute Gasteiger partial charge is 1.00 e. The molecule has 0 N–H and O–H groups in total. The Labute approximate surface area is 66.9 Å². The SMILES string of the molecule is CC[N+]1(C)C=NCC1.[Br-]. The average Bonchev–Trinajstić information content (AvgIpc) is 2.17. The van der Waals surface area contributed by atoms with E-state index in [4.69, 9.17) is 0 Å². The van der Waals surface area contributed by atoms with E-state index in [1.807, 2.05) is 6.34 Å². The van der Waals surface area contributed by atoms with Crippen LogP contribution in [0.15, 0.2) is 4.99 Å². The predicted octanol–water partition coefficient (Wildman–Crippen LogP) is -2.50. The smallest absolute Gasteiger partial charge is 0.185 e. The standard InChI is InChI=1S/C6H13N2.BrH/c1-3-8(2)5-4-7-6-8;/h6H,3-5H2,1-2H3;1H/q+1;/p-1. The third-order valence-electron chi connectivity index (χ3n) is 1.82. The van der Waals surface area contributed by atoms with Crippen LogP contribution in [-0.4, -0.2) is 37.5 Å². The molecule has 1 rings (SSSR count). The van der Waals surface area contributed by atoms with Gasteiger partial charge in [0, 0.05) is 0 Å². The van der Waals surface area contributed by atoms with E-state index >= 15 is 0 Å². The first-order valence-corrected chi connectivity index (χ1v) is 3.12. The van der Waals surface area contributed by atoms with Gasteiger partial charge in [-0.1, -0.05) is 0 Å². The van der Waals surface area contributed by atoms with Crippen molar-refractivity contribution >= 4 is 6.34 Å². The van der Waals surface area contributed by atoms with Crippen molar-refractivity contribution < 1.29 is 21.5 Å². The first-order chi connectivity index (χ1) is 3.77. The van der Waals surface area contributed by atoms with Crippen molar-refractivity contribution in [1.82, 2.24) is 0 Å². The van der Waals surface area contributed by atoms with Crippen LogP contribution in [0.1, 0.15) is 6.92 Å². The zero-order chi connectivity index (χ0) is 6.04. The second kappa shape index (κ2) is 3.32. The van der Waals surface area contributed by atoms with Crippen molar-refractivity contribution in [3.05, 3.63) is 0 Å². The fourth-order valence-electron chi connectivity index (χ4n) is 0.839. The number of likely N-dealkylation sites (N-methyl/N-ethyl adjacent to an activating group) is 1. The van der Waals surface area contributed by atoms with Crippen LogP contribution in [0.4, 0.5) is 0 Å². The molecule has 1 heterocycles. The Balaban J connectivity index is 0.000000640. The van der Waals surface area contributed by atoms with E-state index in [0.29, 0.717) is 0 Å². The summed E-state index contributed by atoms with van der Waals surface area (Å²) in [5.74, 6) is 0. The number of hydrogen-bond acceptors (Lipinski definition) is 1. The van der Waals surface area contributed by atoms with Gasteiger partial charge in [0.05, 0.1) is 20.1 Å². The molecule has 0 aromatic rings. The highest BCUT2D eigenvalue weighted by molar-refractivity contribution is 5.47. The van der Waals surface area contributed by atoms with Crippen LogP contribution < -0.4 is 17.0 Å². The van der Waals surface area contributed by atoms with Crippen LogP contribution in [-0.2, 0) is 0 Å². The molecule has 0 saturated carbocycles. The highest BCUT2D eigenvalue weighted by atomic mass is 79.9. The highest BCUT2D eigenvalue weighted by Crippen LogP contribution is 2.02. The summed E-state index contributed by atoms with van der Waals surface area (Å²) >= 11 is 0. The molecular weight excluding hydrogens is 180 g/mol. The highest BCUT2D eigenvalue weighted by Gasteiger charge is 2.19. The Bertz CT molecular complexity index is 114. The summed E-state index contributed by atoms with van der Waals surface area (Å²) in [6.45, 7) is 5.57. The van der Waals surface area contributed by atoms with Gasteiger partial charge in [-0.15, -0.1) is 0 Å². The fraction of sp³-hybridized carbons (Fsp3) is 0.833. The molecule has 2 nitrogen and oxygen atoms in total. The zero-order valence-corrected chi connectivity index (χ0v) is 7.56. The van der Waals surface area contributed by atoms with Crippen LogP contribution >= 0.6 is 0 Å². The number of hydrogen-bond donors (Lipinski definition) is 0. The summed E-state index contributed by atoms with van der Waals surface area (Å²) in [7, 11) is 2.20. The van der Waals surface area contributed by atoms with Crippen molar-refractivity contribution in [2.75, 3.05) is 26.7 Å². The van der Waals surface area contributed by atoms with Gasteiger partial charge in [-0.25, -0.2) is 4.99 Å². The maximum absolute atomic E-state index is 4.15. The lowest BCUT2D eigenvalue weighted by atomic mass is 10.5. The molecule has 1 aliphatic heterocycles. The molecule has 0 spiro atoms. The Morgan fingerprint density at radius 1 is 1.67 bits per heavy atom. The van der Waals surface area contributed by atoms with Gasteiger partial charge in [0.2, 0.25) is 0 Å². The summed E-state index contributed by atoms with van der Waals surface area (Å²) in [6, 6.07) is 0. The molecule has 3 heteroatoms. The fourth-order valence-corrected chi connectivity index (χ4v) is 0.839. The third kappa shape index (κ3) is 2.06. The van der Waals surface area contributed by atoms with Gasteiger partial charge in [0.1, 0.15) is 6.54 Å². The molecule has 0 aliphatic carbocycles. The maximum atomic E-state index is 4.15. The van der Waals surface area contributed by atoms with E-state index in [9.17, 15) is 0 Å². The predicted molar refractivity (Wildman–Crippen MR) is 35.0 cm³/mol. The van der Waals surface area contributed by atoms with Gasteiger partial charge >= 0.3 is 0 Å². The molecule has 0 saturated heterocycles. The first-order valence-electron chi connectivity index (χ1n) is 3.12. The summed E-state index contributed by atoms with van der Waals surface area (Å²) in [5.41, 5.74) is 0. The molecule has 1 aliphatic rings. The Hall–Kier alpha value is 0.110. The first kappa shape index (κ1) is 9.11. The summed E-state index contributed by atoms with van der Waals surface area (Å²) in [5, 5.41) is 0. The lowest BCUT2D eigenvalue weighted by molar-refractivity contribution is -0.805. The molecule has 0 fully saturated rings. The van der Waals surface area contributed by atoms with Gasteiger partial charge in [0.25, 0.3) is 0 Å². The number of halogens is 1. The summed E-state index contributed by atoms with van der Waals surface area (Å²) in [6.07, 6.45) is 2.04. The molecule has 9 heavy (non-hydrogen) atoms. The van der Waals surface area contributed by atoms with Crippen LogP contribution in [0.3, 0.4) is 0 Å². The molecule has 0 aromatic carbocycles. The van der Waals surface area contributed by atoms with Crippen LogP contribution in [0, 0.1) is 0 Å². The Morgan fingerprint density at radius 3 is 2.56 bits per heavy atom. The lowest BCUT2D eigenvalue weighted by Crippen LogP contribution is -3.00. The van der Waals surface area contributed by atoms with E-state index in [0.717, 1.165) is 11.0 Å². The quantitative estimate of drug-likeness (QED) is 0.408. The van der Waals surface area contributed by atoms with Crippen molar-refractivity contribution in [3.63, 3.8) is 0 Å². The minimum atomic E-state index is 0. The minimum Gasteiger partial charge on any atom is -1.00 e. The zero-order valence-electron chi connectivity index (χ0n) is 5.97. The molecule has 1 unspecified atom stereocenters. The van der Waals surface area contributed by atoms with E-state index < -0.39 is 0 Å². The van der Waals surface area contributed by atoms with E-state index in [1.165, 1.54) is 13.1 Å². The van der Waals surface area contributed by atoms with Gasteiger partial charge < -0.3 is 17.0 Å². The number of quaternary nitrogens is 1. The van der Waals surface area contributed by atoms with E-state index in [1.54, 1.807) is 0 Å². The topological polar surface area (TPSA) is 12.4 Å². The van der Waals surface area contributed by atoms with Crippen LogP contribution in [0.2, 0.25) is 0 Å². The van der Waals surface area contributed by atoms with Gasteiger partial charge in [-0.2, -0.15) is 0 Å². The van der Waals surface area contributed by atoms with E-state index in [-0.39, 0.29) is 17.0 Å². The van der Waals surface area contributed by atoms with Crippen molar-refractivity contribution in [1.29, 1.82) is 0 Å². The number of nitrogens with zero attached hydrogens (tertiary/aromatic N) is 2. The molecule has 0 bridgehead atoms. The number of rotatable bonds is 1. The van der Waals surface area contributed by atoms with Crippen LogP contribution in [0.25, 0.3) is 0 Å². The lowest BCUT2D eigenvalue weighted by Gasteiger charge is -2.21. The number of aliphatic imine (C=N–C) groups is 1. The van der Waals surface area contributed by atoms with Gasteiger partial charge in [-0.05, 0) is 6.92 Å². The summed E-state index contributed by atoms with van der Waals surface area (Å²) < 4.78 is 1.03. The van der Waals surface area contributed by atoms with Gasteiger partial charge in [-0.3, -0.25) is 4.48 Å². The second-order valence-electron chi connectivity index (χ2n) is 2.54. The second-order valence-corrected chi connectivity index (χ2v) is 2.54. The van der Waals surface area contributed by atoms with Crippen molar-refractivity contribution in [2.45, 2.75) is 6.92 Å². The Kier molecular flexibility index (Phi) is 3.36.